The Balaban J connectivity index is 1.07. The van der Waals surface area contributed by atoms with Gasteiger partial charge in [-0.25, -0.2) is 0 Å². The third-order valence-electron chi connectivity index (χ3n) is 6.49. The lowest BCUT2D eigenvalue weighted by molar-refractivity contribution is 0.105. The average molecular weight is 493 g/mol. The predicted octanol–water partition coefficient (Wildman–Crippen LogP) is 4.98. The van der Waals surface area contributed by atoms with Crippen LogP contribution in [0.4, 0.5) is 0 Å². The van der Waals surface area contributed by atoms with Gasteiger partial charge in [0.05, 0.1) is 10.8 Å². The minimum atomic E-state index is -0.0291. The van der Waals surface area contributed by atoms with Crippen molar-refractivity contribution in [2.75, 3.05) is 52.5 Å². The molecule has 1 fully saturated rings. The SMILES string of the molecule is Cc1cc(OCCN2CCN(CCOc3ccc4oc5ccccc5c(=O)c4c3)CC2)ccc1Cl. The van der Waals surface area contributed by atoms with Crippen LogP contribution < -0.4 is 14.9 Å². The van der Waals surface area contributed by atoms with Gasteiger partial charge in [-0.1, -0.05) is 23.7 Å². The summed E-state index contributed by atoms with van der Waals surface area (Å²) in [6.07, 6.45) is 0. The first-order valence-corrected chi connectivity index (χ1v) is 12.4. The summed E-state index contributed by atoms with van der Waals surface area (Å²) in [6.45, 7) is 8.97. The molecule has 0 radical (unpaired) electrons. The number of benzene rings is 3. The van der Waals surface area contributed by atoms with E-state index in [-0.39, 0.29) is 5.43 Å². The Labute approximate surface area is 209 Å². The van der Waals surface area contributed by atoms with Crippen LogP contribution in [0.2, 0.25) is 5.02 Å². The Hall–Kier alpha value is -3.06. The summed E-state index contributed by atoms with van der Waals surface area (Å²) < 4.78 is 17.7. The standard InChI is InChI=1S/C28H29ClN2O4/c1-20-18-21(6-8-25(20)29)33-16-14-30-10-12-31(13-11-30)15-17-34-22-7-9-27-24(19-22)28(32)23-4-2-3-5-26(23)35-27/h2-9,18-19H,10-17H2,1H3. The number of hydrogen-bond acceptors (Lipinski definition) is 6. The highest BCUT2D eigenvalue weighted by Gasteiger charge is 2.17. The number of rotatable bonds is 8. The molecule has 182 valence electrons. The summed E-state index contributed by atoms with van der Waals surface area (Å²) in [6, 6.07) is 18.5. The fraction of sp³-hybridized carbons (Fsp3) is 0.321. The van der Waals surface area contributed by atoms with Gasteiger partial charge in [0, 0.05) is 44.3 Å². The minimum absolute atomic E-state index is 0.0291. The van der Waals surface area contributed by atoms with E-state index in [1.165, 1.54) is 0 Å². The van der Waals surface area contributed by atoms with Crippen molar-refractivity contribution >= 4 is 33.5 Å². The van der Waals surface area contributed by atoms with E-state index in [1.54, 1.807) is 12.1 Å². The van der Waals surface area contributed by atoms with E-state index in [0.29, 0.717) is 40.9 Å². The smallest absolute Gasteiger partial charge is 0.200 e. The van der Waals surface area contributed by atoms with Crippen molar-refractivity contribution in [2.45, 2.75) is 6.92 Å². The van der Waals surface area contributed by atoms with Gasteiger partial charge < -0.3 is 13.9 Å². The summed E-state index contributed by atoms with van der Waals surface area (Å²) in [5.74, 6) is 1.55. The molecule has 7 heteroatoms. The number of piperazine rings is 1. The van der Waals surface area contributed by atoms with Crippen LogP contribution in [0.25, 0.3) is 21.9 Å². The quantitative estimate of drug-likeness (QED) is 0.323. The van der Waals surface area contributed by atoms with E-state index in [4.69, 9.17) is 25.5 Å². The number of nitrogens with zero attached hydrogens (tertiary/aromatic N) is 2. The lowest BCUT2D eigenvalue weighted by Gasteiger charge is -2.34. The number of aryl methyl sites for hydroxylation is 1. The fourth-order valence-corrected chi connectivity index (χ4v) is 4.52. The maximum atomic E-state index is 12.8. The van der Waals surface area contributed by atoms with E-state index < -0.39 is 0 Å². The highest BCUT2D eigenvalue weighted by molar-refractivity contribution is 6.31. The van der Waals surface area contributed by atoms with Gasteiger partial charge in [0.25, 0.3) is 0 Å². The average Bonchev–Trinajstić information content (AvgIpc) is 2.88. The molecular formula is C28H29ClN2O4. The van der Waals surface area contributed by atoms with Crippen LogP contribution >= 0.6 is 11.6 Å². The lowest BCUT2D eigenvalue weighted by atomic mass is 10.1. The topological polar surface area (TPSA) is 55.1 Å². The first kappa shape index (κ1) is 23.7. The van der Waals surface area contributed by atoms with Gasteiger partial charge in [0.1, 0.15) is 35.9 Å². The predicted molar refractivity (Wildman–Crippen MR) is 140 cm³/mol. The third-order valence-corrected chi connectivity index (χ3v) is 6.92. The summed E-state index contributed by atoms with van der Waals surface area (Å²) in [4.78, 5) is 17.7. The summed E-state index contributed by atoms with van der Waals surface area (Å²) in [5, 5.41) is 1.90. The van der Waals surface area contributed by atoms with Gasteiger partial charge >= 0.3 is 0 Å². The second-order valence-corrected chi connectivity index (χ2v) is 9.28. The molecule has 6 nitrogen and oxygen atoms in total. The molecule has 0 N–H and O–H groups in total. The Morgan fingerprint density at radius 2 is 1.40 bits per heavy atom. The summed E-state index contributed by atoms with van der Waals surface area (Å²) in [7, 11) is 0. The van der Waals surface area contributed by atoms with Crippen LogP contribution in [0.3, 0.4) is 0 Å². The fourth-order valence-electron chi connectivity index (χ4n) is 4.40. The number of hydrogen-bond donors (Lipinski definition) is 0. The summed E-state index contributed by atoms with van der Waals surface area (Å²) >= 11 is 6.08. The molecule has 35 heavy (non-hydrogen) atoms. The number of para-hydroxylation sites is 1. The van der Waals surface area contributed by atoms with Crippen molar-refractivity contribution in [3.05, 3.63) is 81.5 Å². The van der Waals surface area contributed by atoms with Crippen molar-refractivity contribution in [3.8, 4) is 11.5 Å². The number of halogens is 1. The number of ether oxygens (including phenoxy) is 2. The maximum Gasteiger partial charge on any atom is 0.200 e. The van der Waals surface area contributed by atoms with E-state index in [0.717, 1.165) is 55.6 Å². The van der Waals surface area contributed by atoms with Gasteiger partial charge in [0.2, 0.25) is 5.43 Å². The molecule has 1 saturated heterocycles. The van der Waals surface area contributed by atoms with Crippen molar-refractivity contribution in [3.63, 3.8) is 0 Å². The normalized spacial score (nSPS) is 15.0. The van der Waals surface area contributed by atoms with Gasteiger partial charge in [0.15, 0.2) is 0 Å². The molecule has 0 unspecified atom stereocenters. The molecule has 2 heterocycles. The molecular weight excluding hydrogens is 464 g/mol. The molecule has 1 aromatic heterocycles. The van der Waals surface area contributed by atoms with Crippen LogP contribution in [0.5, 0.6) is 11.5 Å². The van der Waals surface area contributed by atoms with Gasteiger partial charge in [-0.2, -0.15) is 0 Å². The summed E-state index contributed by atoms with van der Waals surface area (Å²) in [5.41, 5.74) is 2.18. The zero-order valence-corrected chi connectivity index (χ0v) is 20.6. The van der Waals surface area contributed by atoms with Crippen molar-refractivity contribution in [2.24, 2.45) is 0 Å². The molecule has 1 aliphatic rings. The Morgan fingerprint density at radius 1 is 0.800 bits per heavy atom. The van der Waals surface area contributed by atoms with Crippen LogP contribution in [-0.2, 0) is 0 Å². The van der Waals surface area contributed by atoms with Gasteiger partial charge in [-0.3, -0.25) is 14.6 Å². The maximum absolute atomic E-state index is 12.8. The minimum Gasteiger partial charge on any atom is -0.492 e. The molecule has 4 aromatic rings. The highest BCUT2D eigenvalue weighted by atomic mass is 35.5. The largest absolute Gasteiger partial charge is 0.492 e. The molecule has 1 aliphatic heterocycles. The van der Waals surface area contributed by atoms with Crippen LogP contribution in [0.15, 0.2) is 69.9 Å². The van der Waals surface area contributed by atoms with Gasteiger partial charge in [-0.05, 0) is 61.0 Å². The van der Waals surface area contributed by atoms with Crippen LogP contribution in [-0.4, -0.2) is 62.3 Å². The van der Waals surface area contributed by atoms with Gasteiger partial charge in [-0.15, -0.1) is 0 Å². The van der Waals surface area contributed by atoms with E-state index in [1.807, 2.05) is 55.5 Å². The van der Waals surface area contributed by atoms with Crippen molar-refractivity contribution in [1.29, 1.82) is 0 Å². The monoisotopic (exact) mass is 492 g/mol. The molecule has 0 atom stereocenters. The molecule has 0 amide bonds. The van der Waals surface area contributed by atoms with E-state index in [2.05, 4.69) is 9.80 Å². The lowest BCUT2D eigenvalue weighted by Crippen LogP contribution is -2.48. The van der Waals surface area contributed by atoms with E-state index in [9.17, 15) is 4.79 Å². The molecule has 3 aromatic carbocycles. The first-order chi connectivity index (χ1) is 17.1. The Kier molecular flexibility index (Phi) is 7.23. The molecule has 5 rings (SSSR count). The van der Waals surface area contributed by atoms with Crippen molar-refractivity contribution < 1.29 is 13.9 Å². The zero-order valence-electron chi connectivity index (χ0n) is 19.8. The van der Waals surface area contributed by atoms with Crippen molar-refractivity contribution in [1.82, 2.24) is 9.80 Å². The Morgan fingerprint density at radius 3 is 2.09 bits per heavy atom. The first-order valence-electron chi connectivity index (χ1n) is 12.0. The van der Waals surface area contributed by atoms with Crippen LogP contribution in [0.1, 0.15) is 5.56 Å². The second kappa shape index (κ2) is 10.7. The van der Waals surface area contributed by atoms with E-state index >= 15 is 0 Å². The third kappa shape index (κ3) is 5.61. The Bertz CT molecular complexity index is 1380. The number of fused-ring (bicyclic) bond motifs is 2. The highest BCUT2D eigenvalue weighted by Crippen LogP contribution is 2.23. The molecule has 0 spiro atoms. The zero-order chi connectivity index (χ0) is 24.2. The molecule has 0 bridgehead atoms. The second-order valence-electron chi connectivity index (χ2n) is 8.88. The molecule has 0 saturated carbocycles. The molecule has 0 aliphatic carbocycles. The van der Waals surface area contributed by atoms with Crippen LogP contribution in [0, 0.1) is 6.92 Å².